The lowest BCUT2D eigenvalue weighted by atomic mass is 9.85. The van der Waals surface area contributed by atoms with Gasteiger partial charge >= 0.3 is 0 Å². The first kappa shape index (κ1) is 13.4. The molecule has 0 bridgehead atoms. The Labute approximate surface area is 111 Å². The SMILES string of the molecule is CCN(CC1CCC(NC)CC1)c1ccccc1. The maximum Gasteiger partial charge on any atom is 0.0366 e. The Kier molecular flexibility index (Phi) is 5.06. The lowest BCUT2D eigenvalue weighted by molar-refractivity contribution is 0.303. The fourth-order valence-corrected chi connectivity index (χ4v) is 3.00. The minimum Gasteiger partial charge on any atom is -0.372 e. The van der Waals surface area contributed by atoms with Crippen molar-refractivity contribution in [3.05, 3.63) is 30.3 Å². The Morgan fingerprint density at radius 3 is 2.33 bits per heavy atom. The van der Waals surface area contributed by atoms with E-state index in [1.54, 1.807) is 0 Å². The largest absolute Gasteiger partial charge is 0.372 e. The van der Waals surface area contributed by atoms with Crippen LogP contribution >= 0.6 is 0 Å². The summed E-state index contributed by atoms with van der Waals surface area (Å²) in [4.78, 5) is 2.52. The zero-order chi connectivity index (χ0) is 12.8. The highest BCUT2D eigenvalue weighted by molar-refractivity contribution is 5.45. The number of nitrogens with one attached hydrogen (secondary N) is 1. The number of hydrogen-bond donors (Lipinski definition) is 1. The average molecular weight is 246 g/mol. The van der Waals surface area contributed by atoms with Gasteiger partial charge in [-0.25, -0.2) is 0 Å². The minimum atomic E-state index is 0.757. The van der Waals surface area contributed by atoms with Crippen LogP contribution in [-0.4, -0.2) is 26.2 Å². The van der Waals surface area contributed by atoms with E-state index in [1.807, 2.05) is 0 Å². The van der Waals surface area contributed by atoms with Crippen LogP contribution in [0.3, 0.4) is 0 Å². The molecule has 0 atom stereocenters. The second-order valence-corrected chi connectivity index (χ2v) is 5.38. The third-order valence-corrected chi connectivity index (χ3v) is 4.24. The van der Waals surface area contributed by atoms with Crippen molar-refractivity contribution in [1.29, 1.82) is 0 Å². The topological polar surface area (TPSA) is 15.3 Å². The summed E-state index contributed by atoms with van der Waals surface area (Å²) < 4.78 is 0. The van der Waals surface area contributed by atoms with Crippen molar-refractivity contribution in [2.75, 3.05) is 25.0 Å². The Bertz CT molecular complexity index is 328. The maximum absolute atomic E-state index is 3.41. The van der Waals surface area contributed by atoms with Gasteiger partial charge in [-0.2, -0.15) is 0 Å². The molecule has 0 radical (unpaired) electrons. The van der Waals surface area contributed by atoms with Gasteiger partial charge in [0.25, 0.3) is 0 Å². The van der Waals surface area contributed by atoms with E-state index in [-0.39, 0.29) is 0 Å². The van der Waals surface area contributed by atoms with Crippen LogP contribution in [0.4, 0.5) is 5.69 Å². The Balaban J connectivity index is 1.88. The zero-order valence-corrected chi connectivity index (χ0v) is 11.7. The number of hydrogen-bond acceptors (Lipinski definition) is 2. The van der Waals surface area contributed by atoms with Crippen molar-refractivity contribution < 1.29 is 0 Å². The minimum absolute atomic E-state index is 0.757. The molecule has 0 aliphatic heterocycles. The molecule has 2 nitrogen and oxygen atoms in total. The van der Waals surface area contributed by atoms with Gasteiger partial charge in [0.2, 0.25) is 0 Å². The molecule has 0 saturated heterocycles. The highest BCUT2D eigenvalue weighted by Crippen LogP contribution is 2.26. The van der Waals surface area contributed by atoms with Crippen molar-refractivity contribution in [2.24, 2.45) is 5.92 Å². The molecule has 1 saturated carbocycles. The van der Waals surface area contributed by atoms with Gasteiger partial charge in [0.15, 0.2) is 0 Å². The van der Waals surface area contributed by atoms with Gasteiger partial charge in [0.1, 0.15) is 0 Å². The summed E-state index contributed by atoms with van der Waals surface area (Å²) in [7, 11) is 2.09. The molecule has 0 heterocycles. The fourth-order valence-electron chi connectivity index (χ4n) is 3.00. The van der Waals surface area contributed by atoms with Crippen LogP contribution in [0.1, 0.15) is 32.6 Å². The third-order valence-electron chi connectivity index (χ3n) is 4.24. The van der Waals surface area contributed by atoms with Crippen molar-refractivity contribution in [2.45, 2.75) is 38.6 Å². The molecular weight excluding hydrogens is 220 g/mol. The molecule has 0 unspecified atom stereocenters. The highest BCUT2D eigenvalue weighted by Gasteiger charge is 2.21. The van der Waals surface area contributed by atoms with Crippen LogP contribution in [0.5, 0.6) is 0 Å². The summed E-state index contributed by atoms with van der Waals surface area (Å²) in [6, 6.07) is 11.6. The molecule has 0 spiro atoms. The van der Waals surface area contributed by atoms with Crippen LogP contribution in [0.15, 0.2) is 30.3 Å². The molecule has 18 heavy (non-hydrogen) atoms. The van der Waals surface area contributed by atoms with Crippen molar-refractivity contribution in [3.63, 3.8) is 0 Å². The van der Waals surface area contributed by atoms with Gasteiger partial charge < -0.3 is 10.2 Å². The number of anilines is 1. The van der Waals surface area contributed by atoms with E-state index < -0.39 is 0 Å². The van der Waals surface area contributed by atoms with Gasteiger partial charge in [-0.05, 0) is 57.7 Å². The molecule has 1 aromatic rings. The Morgan fingerprint density at radius 2 is 1.78 bits per heavy atom. The Hall–Kier alpha value is -1.02. The monoisotopic (exact) mass is 246 g/mol. The second kappa shape index (κ2) is 6.79. The van der Waals surface area contributed by atoms with E-state index in [0.717, 1.165) is 18.5 Å². The second-order valence-electron chi connectivity index (χ2n) is 5.38. The first-order valence-corrected chi connectivity index (χ1v) is 7.30. The fraction of sp³-hybridized carbons (Fsp3) is 0.625. The normalized spacial score (nSPS) is 23.9. The molecule has 1 aliphatic rings. The van der Waals surface area contributed by atoms with Crippen molar-refractivity contribution >= 4 is 5.69 Å². The zero-order valence-electron chi connectivity index (χ0n) is 11.7. The first-order valence-electron chi connectivity index (χ1n) is 7.30. The van der Waals surface area contributed by atoms with E-state index >= 15 is 0 Å². The number of rotatable bonds is 5. The van der Waals surface area contributed by atoms with Crippen LogP contribution in [0.25, 0.3) is 0 Å². The van der Waals surface area contributed by atoms with Crippen LogP contribution in [0.2, 0.25) is 0 Å². The Morgan fingerprint density at radius 1 is 1.11 bits per heavy atom. The van der Waals surface area contributed by atoms with Gasteiger partial charge in [0, 0.05) is 24.8 Å². The summed E-state index contributed by atoms with van der Waals surface area (Å²) >= 11 is 0. The standard InChI is InChI=1S/C16H26N2/c1-3-18(16-7-5-4-6-8-16)13-14-9-11-15(17-2)12-10-14/h4-8,14-15,17H,3,9-13H2,1-2H3. The predicted molar refractivity (Wildman–Crippen MR) is 79.1 cm³/mol. The van der Waals surface area contributed by atoms with Gasteiger partial charge in [-0.15, -0.1) is 0 Å². The molecule has 1 N–H and O–H groups in total. The highest BCUT2D eigenvalue weighted by atomic mass is 15.1. The molecule has 2 heteroatoms. The summed E-state index contributed by atoms with van der Waals surface area (Å²) in [5, 5.41) is 3.41. The van der Waals surface area contributed by atoms with Crippen molar-refractivity contribution in [3.8, 4) is 0 Å². The summed E-state index contributed by atoms with van der Waals surface area (Å²) in [6.45, 7) is 4.58. The summed E-state index contributed by atoms with van der Waals surface area (Å²) in [5.41, 5.74) is 1.37. The molecule has 0 aromatic heterocycles. The van der Waals surface area contributed by atoms with E-state index in [4.69, 9.17) is 0 Å². The van der Waals surface area contributed by atoms with E-state index in [0.29, 0.717) is 0 Å². The predicted octanol–water partition coefficient (Wildman–Crippen LogP) is 3.29. The van der Waals surface area contributed by atoms with Crippen LogP contribution in [-0.2, 0) is 0 Å². The van der Waals surface area contributed by atoms with Crippen LogP contribution in [0, 0.1) is 5.92 Å². The molecular formula is C16H26N2. The number of para-hydroxylation sites is 1. The molecule has 0 amide bonds. The summed E-state index contributed by atoms with van der Waals surface area (Å²) in [6.07, 6.45) is 5.42. The van der Waals surface area contributed by atoms with Crippen molar-refractivity contribution in [1.82, 2.24) is 5.32 Å². The first-order chi connectivity index (χ1) is 8.83. The maximum atomic E-state index is 3.41. The van der Waals surface area contributed by atoms with Gasteiger partial charge in [0.05, 0.1) is 0 Å². The van der Waals surface area contributed by atoms with E-state index in [9.17, 15) is 0 Å². The number of benzene rings is 1. The molecule has 1 aliphatic carbocycles. The lowest BCUT2D eigenvalue weighted by Crippen LogP contribution is -2.35. The molecule has 2 rings (SSSR count). The van der Waals surface area contributed by atoms with E-state index in [2.05, 4.69) is 54.5 Å². The molecule has 100 valence electrons. The molecule has 1 fully saturated rings. The van der Waals surface area contributed by atoms with Gasteiger partial charge in [-0.1, -0.05) is 18.2 Å². The third kappa shape index (κ3) is 3.49. The van der Waals surface area contributed by atoms with E-state index in [1.165, 1.54) is 37.9 Å². The smallest absolute Gasteiger partial charge is 0.0366 e. The quantitative estimate of drug-likeness (QED) is 0.857. The summed E-state index contributed by atoms with van der Waals surface area (Å²) in [5.74, 6) is 0.870. The lowest BCUT2D eigenvalue weighted by Gasteiger charge is -2.33. The number of nitrogens with zero attached hydrogens (tertiary/aromatic N) is 1. The van der Waals surface area contributed by atoms with Crippen LogP contribution < -0.4 is 10.2 Å². The average Bonchev–Trinajstić information content (AvgIpc) is 2.46. The molecule has 1 aromatic carbocycles. The van der Waals surface area contributed by atoms with Gasteiger partial charge in [-0.3, -0.25) is 0 Å².